The molecule has 2 aromatic rings. The number of hydrogen-bond donors (Lipinski definition) is 1. The van der Waals surface area contributed by atoms with E-state index in [9.17, 15) is 0 Å². The Hall–Kier alpha value is -1.58. The number of fused-ring (bicyclic) bond motifs is 1. The van der Waals surface area contributed by atoms with E-state index in [1.165, 1.54) is 5.56 Å². The van der Waals surface area contributed by atoms with Gasteiger partial charge >= 0.3 is 0 Å². The molecule has 1 N–H and O–H groups in total. The van der Waals surface area contributed by atoms with Crippen molar-refractivity contribution in [2.24, 2.45) is 5.92 Å². The Morgan fingerprint density at radius 1 is 1.35 bits per heavy atom. The third-order valence-corrected chi connectivity index (χ3v) is 3.10. The zero-order valence-electron chi connectivity index (χ0n) is 10.9. The van der Waals surface area contributed by atoms with Gasteiger partial charge in [-0.1, -0.05) is 20.8 Å². The topological polar surface area (TPSA) is 42.2 Å². The molecule has 4 nitrogen and oxygen atoms in total. The van der Waals surface area contributed by atoms with Crippen molar-refractivity contribution >= 4 is 11.5 Å². The predicted octanol–water partition coefficient (Wildman–Crippen LogP) is 2.88. The predicted molar refractivity (Wildman–Crippen MR) is 70.3 cm³/mol. The highest BCUT2D eigenvalue weighted by molar-refractivity contribution is 5.51. The lowest BCUT2D eigenvalue weighted by molar-refractivity contribution is 0.508. The molecule has 0 spiro atoms. The summed E-state index contributed by atoms with van der Waals surface area (Å²) in [4.78, 5) is 4.23. The summed E-state index contributed by atoms with van der Waals surface area (Å²) in [6.07, 6.45) is 2.69. The van der Waals surface area contributed by atoms with Crippen molar-refractivity contribution in [3.63, 3.8) is 0 Å². The number of anilines is 1. The van der Waals surface area contributed by atoms with Crippen LogP contribution in [0.3, 0.4) is 0 Å². The number of nitrogens with zero attached hydrogens (tertiary/aromatic N) is 3. The van der Waals surface area contributed by atoms with Crippen molar-refractivity contribution < 1.29 is 0 Å². The van der Waals surface area contributed by atoms with Crippen LogP contribution >= 0.6 is 0 Å². The van der Waals surface area contributed by atoms with Crippen molar-refractivity contribution in [1.29, 1.82) is 0 Å². The van der Waals surface area contributed by atoms with Gasteiger partial charge in [0.15, 0.2) is 5.65 Å². The van der Waals surface area contributed by atoms with E-state index in [4.69, 9.17) is 0 Å². The normalized spacial score (nSPS) is 13.2. The van der Waals surface area contributed by atoms with E-state index in [-0.39, 0.29) is 0 Å². The minimum absolute atomic E-state index is 0.462. The van der Waals surface area contributed by atoms with Crippen LogP contribution < -0.4 is 5.32 Å². The second-order valence-corrected chi connectivity index (χ2v) is 4.85. The minimum Gasteiger partial charge on any atom is -0.367 e. The maximum Gasteiger partial charge on any atom is 0.157 e. The maximum absolute atomic E-state index is 4.25. The summed E-state index contributed by atoms with van der Waals surface area (Å²) in [7, 11) is 0. The highest BCUT2D eigenvalue weighted by Gasteiger charge is 2.13. The molecule has 1 unspecified atom stereocenters. The molecule has 2 heterocycles. The van der Waals surface area contributed by atoms with Crippen LogP contribution in [0.4, 0.5) is 5.82 Å². The lowest BCUT2D eigenvalue weighted by atomic mass is 10.0. The molecule has 17 heavy (non-hydrogen) atoms. The number of hydrogen-bond acceptors (Lipinski definition) is 3. The van der Waals surface area contributed by atoms with E-state index >= 15 is 0 Å². The lowest BCUT2D eigenvalue weighted by Gasteiger charge is -2.22. The van der Waals surface area contributed by atoms with Crippen molar-refractivity contribution in [3.05, 3.63) is 24.0 Å². The molecule has 0 fully saturated rings. The van der Waals surface area contributed by atoms with Crippen molar-refractivity contribution in [2.45, 2.75) is 40.2 Å². The molecule has 4 heteroatoms. The first-order chi connectivity index (χ1) is 8.11. The van der Waals surface area contributed by atoms with Crippen LogP contribution in [0, 0.1) is 12.8 Å². The average molecular weight is 232 g/mol. The summed E-state index contributed by atoms with van der Waals surface area (Å²) < 4.78 is 1.86. The first kappa shape index (κ1) is 11.9. The van der Waals surface area contributed by atoms with Gasteiger partial charge in [-0.05, 0) is 37.0 Å². The van der Waals surface area contributed by atoms with E-state index in [2.05, 4.69) is 49.2 Å². The molecular formula is C13H20N4. The van der Waals surface area contributed by atoms with Crippen LogP contribution in [0.25, 0.3) is 5.65 Å². The number of rotatable bonds is 4. The lowest BCUT2D eigenvalue weighted by Crippen LogP contribution is -2.26. The molecule has 0 saturated heterocycles. The summed E-state index contributed by atoms with van der Waals surface area (Å²) in [5, 5.41) is 7.81. The van der Waals surface area contributed by atoms with Gasteiger partial charge in [0.25, 0.3) is 0 Å². The van der Waals surface area contributed by atoms with Crippen LogP contribution in [0.2, 0.25) is 0 Å². The standard InChI is InChI=1S/C13H20N4/c1-5-11(9(2)3)16-13-7-10(4)6-12-14-8-15-17(12)13/h6-9,11,16H,5H2,1-4H3. The number of aromatic nitrogens is 3. The molecule has 0 aliphatic carbocycles. The third kappa shape index (κ3) is 2.40. The molecule has 0 radical (unpaired) electrons. The van der Waals surface area contributed by atoms with E-state index in [1.807, 2.05) is 10.6 Å². The molecule has 92 valence electrons. The maximum atomic E-state index is 4.25. The Morgan fingerprint density at radius 3 is 2.76 bits per heavy atom. The zero-order valence-corrected chi connectivity index (χ0v) is 10.9. The highest BCUT2D eigenvalue weighted by atomic mass is 15.3. The molecular weight excluding hydrogens is 212 g/mol. The van der Waals surface area contributed by atoms with Gasteiger partial charge in [-0.2, -0.15) is 9.61 Å². The van der Waals surface area contributed by atoms with Gasteiger partial charge < -0.3 is 5.32 Å². The van der Waals surface area contributed by atoms with Crippen LogP contribution in [-0.4, -0.2) is 20.6 Å². The summed E-state index contributed by atoms with van der Waals surface area (Å²) in [5.41, 5.74) is 2.10. The average Bonchev–Trinajstić information content (AvgIpc) is 2.72. The Bertz CT molecular complexity index is 501. The van der Waals surface area contributed by atoms with Gasteiger partial charge in [-0.15, -0.1) is 0 Å². The molecule has 2 rings (SSSR count). The molecule has 1 atom stereocenters. The van der Waals surface area contributed by atoms with Gasteiger partial charge in [0.1, 0.15) is 12.1 Å². The molecule has 0 aromatic carbocycles. The Kier molecular flexibility index (Phi) is 3.31. The zero-order chi connectivity index (χ0) is 12.4. The van der Waals surface area contributed by atoms with Crippen LogP contribution in [0.15, 0.2) is 18.5 Å². The molecule has 0 amide bonds. The van der Waals surface area contributed by atoms with Gasteiger partial charge in [0.2, 0.25) is 0 Å². The van der Waals surface area contributed by atoms with Crippen LogP contribution in [-0.2, 0) is 0 Å². The van der Waals surface area contributed by atoms with Crippen LogP contribution in [0.5, 0.6) is 0 Å². The smallest absolute Gasteiger partial charge is 0.157 e. The second-order valence-electron chi connectivity index (χ2n) is 4.85. The molecule has 0 aliphatic heterocycles. The first-order valence-electron chi connectivity index (χ1n) is 6.18. The fourth-order valence-electron chi connectivity index (χ4n) is 2.09. The minimum atomic E-state index is 0.462. The van der Waals surface area contributed by atoms with Crippen molar-refractivity contribution in [1.82, 2.24) is 14.6 Å². The Balaban J connectivity index is 2.37. The summed E-state index contributed by atoms with van der Waals surface area (Å²) in [6, 6.07) is 4.62. The molecule has 0 saturated carbocycles. The Labute approximate surface area is 102 Å². The highest BCUT2D eigenvalue weighted by Crippen LogP contribution is 2.17. The molecule has 0 bridgehead atoms. The van der Waals surface area contributed by atoms with Gasteiger partial charge in [0.05, 0.1) is 0 Å². The van der Waals surface area contributed by atoms with Gasteiger partial charge in [0, 0.05) is 6.04 Å². The van der Waals surface area contributed by atoms with Crippen LogP contribution in [0.1, 0.15) is 32.8 Å². The number of aryl methyl sites for hydroxylation is 1. The van der Waals surface area contributed by atoms with Crippen molar-refractivity contribution in [3.8, 4) is 0 Å². The van der Waals surface area contributed by atoms with E-state index in [0.29, 0.717) is 12.0 Å². The molecule has 0 aliphatic rings. The van der Waals surface area contributed by atoms with E-state index in [1.54, 1.807) is 6.33 Å². The summed E-state index contributed by atoms with van der Waals surface area (Å²) in [6.45, 7) is 8.74. The van der Waals surface area contributed by atoms with E-state index in [0.717, 1.165) is 17.9 Å². The number of pyridine rings is 1. The Morgan fingerprint density at radius 2 is 2.12 bits per heavy atom. The number of nitrogens with one attached hydrogen (secondary N) is 1. The quantitative estimate of drug-likeness (QED) is 0.881. The fourth-order valence-corrected chi connectivity index (χ4v) is 2.09. The van der Waals surface area contributed by atoms with Crippen molar-refractivity contribution in [2.75, 3.05) is 5.32 Å². The summed E-state index contributed by atoms with van der Waals surface area (Å²) in [5.74, 6) is 1.62. The largest absolute Gasteiger partial charge is 0.367 e. The summed E-state index contributed by atoms with van der Waals surface area (Å²) >= 11 is 0. The second kappa shape index (κ2) is 4.73. The van der Waals surface area contributed by atoms with Gasteiger partial charge in [-0.3, -0.25) is 0 Å². The monoisotopic (exact) mass is 232 g/mol. The first-order valence-corrected chi connectivity index (χ1v) is 6.18. The SMILES string of the molecule is CCC(Nc1cc(C)cc2ncnn12)C(C)C. The van der Waals surface area contributed by atoms with E-state index < -0.39 is 0 Å². The third-order valence-electron chi connectivity index (χ3n) is 3.10. The fraction of sp³-hybridized carbons (Fsp3) is 0.538. The molecule has 2 aromatic heterocycles. The van der Waals surface area contributed by atoms with Gasteiger partial charge in [-0.25, -0.2) is 4.98 Å².